The Morgan fingerprint density at radius 1 is 1.42 bits per heavy atom. The number of amides is 2. The van der Waals surface area contributed by atoms with Crippen molar-refractivity contribution in [1.29, 1.82) is 0 Å². The highest BCUT2D eigenvalue weighted by Gasteiger charge is 2.53. The number of rotatable bonds is 7. The van der Waals surface area contributed by atoms with Crippen molar-refractivity contribution in [2.75, 3.05) is 18.7 Å². The van der Waals surface area contributed by atoms with Crippen LogP contribution in [0.15, 0.2) is 35.5 Å². The number of nitrogens with zero attached hydrogens (tertiary/aromatic N) is 1. The molecule has 1 unspecified atom stereocenters. The number of methoxy groups -OCH3 is 1. The van der Waals surface area contributed by atoms with Crippen LogP contribution in [0.3, 0.4) is 0 Å². The predicted octanol–water partition coefficient (Wildman–Crippen LogP) is 1.26. The van der Waals surface area contributed by atoms with E-state index in [4.69, 9.17) is 21.1 Å². The molecule has 0 bridgehead atoms. The second kappa shape index (κ2) is 8.01. The first-order valence-corrected chi connectivity index (χ1v) is 9.41. The number of benzene rings is 1. The first-order chi connectivity index (χ1) is 12.6. The highest BCUT2D eigenvalue weighted by Crippen LogP contribution is 2.40. The van der Waals surface area contributed by atoms with Crippen LogP contribution in [0.4, 0.5) is 0 Å². The van der Waals surface area contributed by atoms with Crippen molar-refractivity contribution in [3.8, 4) is 5.75 Å². The van der Waals surface area contributed by atoms with Gasteiger partial charge in [0.2, 0.25) is 6.41 Å². The van der Waals surface area contributed by atoms with E-state index in [1.807, 2.05) is 0 Å². The van der Waals surface area contributed by atoms with Crippen LogP contribution < -0.4 is 10.1 Å². The molecule has 26 heavy (non-hydrogen) atoms. The van der Waals surface area contributed by atoms with Crippen molar-refractivity contribution in [2.45, 2.75) is 18.0 Å². The molecular formula is C17H17ClN2O5S. The lowest BCUT2D eigenvalue weighted by Gasteiger charge is -2.49. The van der Waals surface area contributed by atoms with E-state index in [0.29, 0.717) is 23.5 Å². The summed E-state index contributed by atoms with van der Waals surface area (Å²) in [6, 6.07) is 6.50. The monoisotopic (exact) mass is 396 g/mol. The average Bonchev–Trinajstić information content (AvgIpc) is 2.69. The normalized spacial score (nSPS) is 21.6. The number of nitrogens with one attached hydrogen (secondary N) is 1. The minimum Gasteiger partial charge on any atom is -0.497 e. The lowest BCUT2D eigenvalue weighted by Crippen LogP contribution is -2.69. The molecule has 2 aliphatic heterocycles. The van der Waals surface area contributed by atoms with E-state index < -0.39 is 12.0 Å². The number of alkyl halides is 1. The number of carbonyl (C=O) groups excluding carboxylic acids is 3. The molecular weight excluding hydrogens is 380 g/mol. The van der Waals surface area contributed by atoms with E-state index in [1.165, 1.54) is 16.7 Å². The summed E-state index contributed by atoms with van der Waals surface area (Å²) in [6.45, 7) is 0.0672. The number of hydrogen-bond acceptors (Lipinski definition) is 6. The summed E-state index contributed by atoms with van der Waals surface area (Å²) in [6.07, 6.45) is 0.489. The summed E-state index contributed by atoms with van der Waals surface area (Å²) >= 11 is 7.41. The van der Waals surface area contributed by atoms with E-state index in [-0.39, 0.29) is 29.5 Å². The van der Waals surface area contributed by atoms with Crippen LogP contribution >= 0.6 is 23.4 Å². The standard InChI is InChI=1S/C17H17ClN2O5S/c1-24-12-4-2-10(3-5-12)7-25-17(23)14-11(6-18)8-26-16-13(19-9-21)15(22)20(14)16/h2-5,9,13,16H,6-8H2,1H3,(H,19,21)/t13?,16-/m1/s1. The molecule has 0 radical (unpaired) electrons. The van der Waals surface area contributed by atoms with Gasteiger partial charge in [-0.3, -0.25) is 14.5 Å². The van der Waals surface area contributed by atoms with Crippen LogP contribution in [0.1, 0.15) is 5.56 Å². The SMILES string of the molecule is COc1ccc(COC(=O)C2=C(CCl)CS[C@@H]3C(NC=O)C(=O)N23)cc1. The van der Waals surface area contributed by atoms with Crippen molar-refractivity contribution in [3.05, 3.63) is 41.1 Å². The first kappa shape index (κ1) is 18.6. The van der Waals surface area contributed by atoms with Crippen molar-refractivity contribution >= 4 is 41.6 Å². The van der Waals surface area contributed by atoms with Crippen molar-refractivity contribution < 1.29 is 23.9 Å². The zero-order valence-electron chi connectivity index (χ0n) is 13.9. The van der Waals surface area contributed by atoms with Gasteiger partial charge in [0.05, 0.1) is 7.11 Å². The molecule has 1 saturated heterocycles. The summed E-state index contributed by atoms with van der Waals surface area (Å²) in [5, 5.41) is 2.16. The van der Waals surface area contributed by atoms with E-state index in [1.54, 1.807) is 31.4 Å². The third kappa shape index (κ3) is 3.39. The second-order valence-corrected chi connectivity index (χ2v) is 7.05. The minimum atomic E-state index is -0.626. The van der Waals surface area contributed by atoms with E-state index in [2.05, 4.69) is 5.32 Å². The summed E-state index contributed by atoms with van der Waals surface area (Å²) in [5.74, 6) is 0.400. The highest BCUT2D eigenvalue weighted by molar-refractivity contribution is 8.00. The number of ether oxygens (including phenoxy) is 2. The molecule has 0 spiro atoms. The topological polar surface area (TPSA) is 84.9 Å². The van der Waals surface area contributed by atoms with E-state index in [9.17, 15) is 14.4 Å². The molecule has 0 saturated carbocycles. The molecule has 2 heterocycles. The van der Waals surface area contributed by atoms with Crippen LogP contribution in [-0.4, -0.2) is 53.3 Å². The van der Waals surface area contributed by atoms with Gasteiger partial charge in [0, 0.05) is 11.6 Å². The first-order valence-electron chi connectivity index (χ1n) is 7.83. The van der Waals surface area contributed by atoms with E-state index in [0.717, 1.165) is 5.56 Å². The molecule has 3 rings (SSSR count). The predicted molar refractivity (Wildman–Crippen MR) is 96.6 cm³/mol. The Bertz CT molecular complexity index is 752. The van der Waals surface area contributed by atoms with Crippen LogP contribution in [0, 0.1) is 0 Å². The number of halogens is 1. The second-order valence-electron chi connectivity index (χ2n) is 5.68. The summed E-state index contributed by atoms with van der Waals surface area (Å²) in [4.78, 5) is 36.9. The van der Waals surface area contributed by atoms with Gasteiger partial charge in [0.1, 0.15) is 29.5 Å². The van der Waals surface area contributed by atoms with Gasteiger partial charge < -0.3 is 14.8 Å². The quantitative estimate of drug-likeness (QED) is 0.323. The highest BCUT2D eigenvalue weighted by atomic mass is 35.5. The van der Waals surface area contributed by atoms with Gasteiger partial charge in [-0.25, -0.2) is 4.79 Å². The Morgan fingerprint density at radius 2 is 2.15 bits per heavy atom. The van der Waals surface area contributed by atoms with Gasteiger partial charge in [-0.05, 0) is 23.3 Å². The molecule has 2 atom stereocenters. The number of esters is 1. The number of thioether (sulfide) groups is 1. The average molecular weight is 397 g/mol. The van der Waals surface area contributed by atoms with Gasteiger partial charge in [0.25, 0.3) is 5.91 Å². The van der Waals surface area contributed by atoms with Crippen molar-refractivity contribution in [3.63, 3.8) is 0 Å². The zero-order chi connectivity index (χ0) is 18.7. The van der Waals surface area contributed by atoms with Gasteiger partial charge in [-0.2, -0.15) is 0 Å². The molecule has 0 aliphatic carbocycles. The van der Waals surface area contributed by atoms with Crippen LogP contribution in [0.5, 0.6) is 5.75 Å². The Morgan fingerprint density at radius 3 is 2.77 bits per heavy atom. The largest absolute Gasteiger partial charge is 0.497 e. The van der Waals surface area contributed by atoms with Crippen LogP contribution in [0.2, 0.25) is 0 Å². The summed E-state index contributed by atoms with van der Waals surface area (Å²) in [5.41, 5.74) is 1.63. The maximum Gasteiger partial charge on any atom is 0.355 e. The van der Waals surface area contributed by atoms with Gasteiger partial charge >= 0.3 is 5.97 Å². The maximum atomic E-state index is 12.6. The Balaban J connectivity index is 1.72. The van der Waals surface area contributed by atoms with E-state index >= 15 is 0 Å². The van der Waals surface area contributed by atoms with Gasteiger partial charge in [0.15, 0.2) is 0 Å². The maximum absolute atomic E-state index is 12.6. The zero-order valence-corrected chi connectivity index (χ0v) is 15.5. The molecule has 9 heteroatoms. The smallest absolute Gasteiger partial charge is 0.355 e. The summed E-state index contributed by atoms with van der Waals surface area (Å²) < 4.78 is 10.5. The molecule has 2 aliphatic rings. The molecule has 1 aromatic carbocycles. The van der Waals surface area contributed by atoms with Gasteiger partial charge in [-0.15, -0.1) is 23.4 Å². The van der Waals surface area contributed by atoms with Crippen LogP contribution in [-0.2, 0) is 25.7 Å². The lowest BCUT2D eigenvalue weighted by atomic mass is 10.0. The van der Waals surface area contributed by atoms with Crippen LogP contribution in [0.25, 0.3) is 0 Å². The fourth-order valence-corrected chi connectivity index (χ4v) is 4.50. The third-order valence-corrected chi connectivity index (χ3v) is 5.84. The minimum absolute atomic E-state index is 0.0672. The Kier molecular flexibility index (Phi) is 5.73. The fourth-order valence-electron chi connectivity index (χ4n) is 2.81. The summed E-state index contributed by atoms with van der Waals surface area (Å²) in [7, 11) is 1.57. The molecule has 2 amide bonds. The lowest BCUT2D eigenvalue weighted by molar-refractivity contribution is -0.152. The number of β-lactam (4-membered cyclic amide) rings is 1. The Labute approximate surface area is 159 Å². The number of hydrogen-bond donors (Lipinski definition) is 1. The van der Waals surface area contributed by atoms with Crippen molar-refractivity contribution in [2.24, 2.45) is 0 Å². The molecule has 7 nitrogen and oxygen atoms in total. The molecule has 1 N–H and O–H groups in total. The van der Waals surface area contributed by atoms with Crippen molar-refractivity contribution in [1.82, 2.24) is 10.2 Å². The third-order valence-electron chi connectivity index (χ3n) is 4.18. The number of carbonyl (C=O) groups is 3. The fraction of sp³-hybridized carbons (Fsp3) is 0.353. The molecule has 1 fully saturated rings. The van der Waals surface area contributed by atoms with Gasteiger partial charge in [-0.1, -0.05) is 12.1 Å². The number of fused-ring (bicyclic) bond motifs is 1. The molecule has 0 aromatic heterocycles. The molecule has 1 aromatic rings. The molecule has 138 valence electrons. The Hall–Kier alpha value is -2.19.